The zero-order valence-corrected chi connectivity index (χ0v) is 17.6. The van der Waals surface area contributed by atoms with E-state index in [9.17, 15) is 14.0 Å². The fourth-order valence-electron chi connectivity index (χ4n) is 2.88. The maximum atomic E-state index is 13.0. The van der Waals surface area contributed by atoms with Gasteiger partial charge >= 0.3 is 0 Å². The predicted octanol–water partition coefficient (Wildman–Crippen LogP) is 2.64. The number of halogens is 2. The van der Waals surface area contributed by atoms with E-state index in [1.54, 1.807) is 35.2 Å². The molecule has 0 spiro atoms. The zero-order chi connectivity index (χ0) is 22.2. The third-order valence-corrected chi connectivity index (χ3v) is 4.72. The quantitative estimate of drug-likeness (QED) is 0.529. The highest BCUT2D eigenvalue weighted by Crippen LogP contribution is 2.23. The second-order valence-electron chi connectivity index (χ2n) is 6.76. The molecule has 0 aliphatic rings. The van der Waals surface area contributed by atoms with E-state index in [-0.39, 0.29) is 37.3 Å². The van der Waals surface area contributed by atoms with Gasteiger partial charge in [-0.2, -0.15) is 5.10 Å². The minimum Gasteiger partial charge on any atom is -0.351 e. The molecule has 0 aliphatic heterocycles. The van der Waals surface area contributed by atoms with Crippen molar-refractivity contribution in [1.29, 1.82) is 0 Å². The number of rotatable bonds is 9. The summed E-state index contributed by atoms with van der Waals surface area (Å²) in [6.07, 6.45) is 2.91. The highest BCUT2D eigenvalue weighted by Gasteiger charge is 2.15. The van der Waals surface area contributed by atoms with Crippen molar-refractivity contribution < 1.29 is 14.0 Å². The minimum absolute atomic E-state index is 0.0176. The lowest BCUT2D eigenvalue weighted by Gasteiger charge is -2.20. The molecule has 0 saturated carbocycles. The summed E-state index contributed by atoms with van der Waals surface area (Å²) in [5.41, 5.74) is 1.90. The van der Waals surface area contributed by atoms with Crippen molar-refractivity contribution in [2.75, 3.05) is 25.0 Å². The number of anilines is 1. The van der Waals surface area contributed by atoms with Crippen molar-refractivity contribution in [3.05, 3.63) is 71.5 Å². The maximum Gasteiger partial charge on any atom is 0.238 e. The summed E-state index contributed by atoms with van der Waals surface area (Å²) in [6.45, 7) is 2.72. The number of carbonyl (C=O) groups is 2. The van der Waals surface area contributed by atoms with E-state index in [2.05, 4.69) is 20.7 Å². The Labute approximate surface area is 184 Å². The van der Waals surface area contributed by atoms with E-state index < -0.39 is 0 Å². The van der Waals surface area contributed by atoms with Crippen LogP contribution in [0.25, 0.3) is 5.69 Å². The summed E-state index contributed by atoms with van der Waals surface area (Å²) in [7, 11) is 0. The molecule has 162 valence electrons. The molecule has 2 amide bonds. The van der Waals surface area contributed by atoms with E-state index in [1.807, 2.05) is 6.92 Å². The smallest absolute Gasteiger partial charge is 0.238 e. The summed E-state index contributed by atoms with van der Waals surface area (Å²) in [6, 6.07) is 10.9. The van der Waals surface area contributed by atoms with Crippen molar-refractivity contribution >= 4 is 29.1 Å². The van der Waals surface area contributed by atoms with Crippen molar-refractivity contribution in [2.24, 2.45) is 0 Å². The van der Waals surface area contributed by atoms with Crippen LogP contribution in [0.15, 0.2) is 55.1 Å². The second kappa shape index (κ2) is 10.6. The van der Waals surface area contributed by atoms with Gasteiger partial charge in [0.15, 0.2) is 0 Å². The molecule has 0 aliphatic carbocycles. The van der Waals surface area contributed by atoms with Crippen LogP contribution < -0.4 is 10.6 Å². The lowest BCUT2D eigenvalue weighted by Crippen LogP contribution is -2.40. The molecule has 31 heavy (non-hydrogen) atoms. The van der Waals surface area contributed by atoms with Crippen LogP contribution in [0.2, 0.25) is 5.02 Å². The number of nitrogens with zero attached hydrogens (tertiary/aromatic N) is 4. The number of aromatic nitrogens is 3. The van der Waals surface area contributed by atoms with Crippen molar-refractivity contribution in [1.82, 2.24) is 25.0 Å². The third kappa shape index (κ3) is 6.59. The van der Waals surface area contributed by atoms with Gasteiger partial charge in [-0.05, 0) is 42.4 Å². The monoisotopic (exact) mass is 444 g/mol. The summed E-state index contributed by atoms with van der Waals surface area (Å²) in [5, 5.41) is 10.1. The highest BCUT2D eigenvalue weighted by atomic mass is 35.5. The lowest BCUT2D eigenvalue weighted by atomic mass is 10.2. The Morgan fingerprint density at radius 1 is 1.13 bits per heavy atom. The van der Waals surface area contributed by atoms with Gasteiger partial charge in [-0.3, -0.25) is 14.5 Å². The van der Waals surface area contributed by atoms with Gasteiger partial charge in [0.1, 0.15) is 18.5 Å². The lowest BCUT2D eigenvalue weighted by molar-refractivity contribution is -0.123. The minimum atomic E-state index is -0.329. The van der Waals surface area contributed by atoms with Gasteiger partial charge in [0.25, 0.3) is 0 Å². The molecule has 0 fully saturated rings. The first-order valence-electron chi connectivity index (χ1n) is 9.62. The van der Waals surface area contributed by atoms with Crippen LogP contribution in [-0.4, -0.2) is 51.1 Å². The fourth-order valence-corrected chi connectivity index (χ4v) is 3.05. The Morgan fingerprint density at radius 3 is 2.55 bits per heavy atom. The van der Waals surface area contributed by atoms with Crippen molar-refractivity contribution in [2.45, 2.75) is 13.5 Å². The molecule has 0 bridgehead atoms. The molecule has 2 aromatic carbocycles. The average Bonchev–Trinajstić information content (AvgIpc) is 3.27. The van der Waals surface area contributed by atoms with Gasteiger partial charge < -0.3 is 10.6 Å². The summed E-state index contributed by atoms with van der Waals surface area (Å²) in [5.74, 6) is -0.855. The number of nitrogens with one attached hydrogen (secondary N) is 2. The third-order valence-electron chi connectivity index (χ3n) is 4.48. The fraction of sp³-hybridized carbons (Fsp3) is 0.238. The van der Waals surface area contributed by atoms with Gasteiger partial charge in [-0.15, -0.1) is 0 Å². The van der Waals surface area contributed by atoms with Crippen LogP contribution in [0, 0.1) is 5.82 Å². The van der Waals surface area contributed by atoms with E-state index in [0.717, 1.165) is 5.56 Å². The molecule has 0 atom stereocenters. The Kier molecular flexibility index (Phi) is 7.69. The number of likely N-dealkylation sites (N-methyl/N-ethyl adjacent to an activating group) is 1. The molecule has 0 unspecified atom stereocenters. The molecular formula is C21H22ClFN6O2. The number of carbonyl (C=O) groups excluding carboxylic acids is 2. The van der Waals surface area contributed by atoms with Crippen LogP contribution in [-0.2, 0) is 16.1 Å². The van der Waals surface area contributed by atoms with E-state index in [4.69, 9.17) is 11.6 Å². The van der Waals surface area contributed by atoms with E-state index in [1.165, 1.54) is 29.5 Å². The van der Waals surface area contributed by atoms with Crippen molar-refractivity contribution in [3.8, 4) is 5.69 Å². The van der Waals surface area contributed by atoms with Crippen LogP contribution >= 0.6 is 11.6 Å². The van der Waals surface area contributed by atoms with E-state index in [0.29, 0.717) is 22.9 Å². The number of hydrogen-bond donors (Lipinski definition) is 2. The summed E-state index contributed by atoms with van der Waals surface area (Å²) < 4.78 is 14.5. The molecule has 3 aromatic rings. The van der Waals surface area contributed by atoms with Gasteiger partial charge in [0, 0.05) is 11.6 Å². The zero-order valence-electron chi connectivity index (χ0n) is 16.9. The average molecular weight is 445 g/mol. The highest BCUT2D eigenvalue weighted by molar-refractivity contribution is 6.31. The Hall–Kier alpha value is -3.30. The number of amides is 2. The molecule has 8 nitrogen and oxygen atoms in total. The topological polar surface area (TPSA) is 92.2 Å². The number of benzene rings is 2. The molecule has 0 radical (unpaired) electrons. The number of hydrogen-bond acceptors (Lipinski definition) is 5. The Bertz CT molecular complexity index is 1030. The first kappa shape index (κ1) is 22.4. The standard InChI is InChI=1S/C21H22ClFN6O2/c1-2-28(11-20(30)25-10-15-3-6-17(23)7-4-15)12-21(31)27-18-9-16(22)5-8-19(18)29-14-24-13-26-29/h3-9,13-14H,2,10-12H2,1H3,(H,25,30)(H,27,31). The van der Waals surface area contributed by atoms with Gasteiger partial charge in [-0.25, -0.2) is 14.1 Å². The Morgan fingerprint density at radius 2 is 1.87 bits per heavy atom. The summed E-state index contributed by atoms with van der Waals surface area (Å²) in [4.78, 5) is 30.5. The summed E-state index contributed by atoms with van der Waals surface area (Å²) >= 11 is 6.08. The van der Waals surface area contributed by atoms with Crippen LogP contribution in [0.5, 0.6) is 0 Å². The Balaban J connectivity index is 1.56. The molecule has 10 heteroatoms. The molecule has 0 saturated heterocycles. The first-order chi connectivity index (χ1) is 14.9. The second-order valence-corrected chi connectivity index (χ2v) is 7.19. The van der Waals surface area contributed by atoms with Crippen LogP contribution in [0.3, 0.4) is 0 Å². The van der Waals surface area contributed by atoms with E-state index >= 15 is 0 Å². The van der Waals surface area contributed by atoms with Gasteiger partial charge in [0.05, 0.1) is 24.5 Å². The molecule has 1 heterocycles. The van der Waals surface area contributed by atoms with Gasteiger partial charge in [-0.1, -0.05) is 30.7 Å². The van der Waals surface area contributed by atoms with Gasteiger partial charge in [0.2, 0.25) is 11.8 Å². The SMILES string of the molecule is CCN(CC(=O)NCc1ccc(F)cc1)CC(=O)Nc1cc(Cl)ccc1-n1cncn1. The van der Waals surface area contributed by atoms with Crippen molar-refractivity contribution in [3.63, 3.8) is 0 Å². The molecular weight excluding hydrogens is 423 g/mol. The van der Waals surface area contributed by atoms with Crippen LogP contribution in [0.4, 0.5) is 10.1 Å². The largest absolute Gasteiger partial charge is 0.351 e. The molecule has 3 rings (SSSR count). The molecule has 1 aromatic heterocycles. The normalized spacial score (nSPS) is 10.8. The maximum absolute atomic E-state index is 13.0. The molecule has 2 N–H and O–H groups in total. The predicted molar refractivity (Wildman–Crippen MR) is 115 cm³/mol. The van der Waals surface area contributed by atoms with Crippen LogP contribution in [0.1, 0.15) is 12.5 Å². The first-order valence-corrected chi connectivity index (χ1v) is 10.00.